The second-order valence-electron chi connectivity index (χ2n) is 7.00. The van der Waals surface area contributed by atoms with Crippen molar-refractivity contribution in [3.05, 3.63) is 52.2 Å². The number of esters is 2. The first-order chi connectivity index (χ1) is 11.5. The molecule has 0 aliphatic heterocycles. The molecular formula is C20H27NO4. The summed E-state index contributed by atoms with van der Waals surface area (Å²) in [4.78, 5) is 23.9. The standard InChI is InChI=1S/C20H27NO4/c1-12-8-13(2)10-14(9-12)15(20(3,4)5)11-16(21)17(18(22)24-6)19(23)25-7/h8-11H,21H2,1-7H3/b15-11+. The van der Waals surface area contributed by atoms with E-state index in [4.69, 9.17) is 5.73 Å². The van der Waals surface area contributed by atoms with Crippen LogP contribution in [0.5, 0.6) is 0 Å². The van der Waals surface area contributed by atoms with Crippen LogP contribution in [0.3, 0.4) is 0 Å². The van der Waals surface area contributed by atoms with Crippen molar-refractivity contribution in [3.63, 3.8) is 0 Å². The molecule has 0 spiro atoms. The van der Waals surface area contributed by atoms with E-state index >= 15 is 0 Å². The predicted octanol–water partition coefficient (Wildman–Crippen LogP) is 3.29. The van der Waals surface area contributed by atoms with E-state index in [-0.39, 0.29) is 16.7 Å². The van der Waals surface area contributed by atoms with Gasteiger partial charge in [0.2, 0.25) is 0 Å². The minimum absolute atomic E-state index is 0.0165. The topological polar surface area (TPSA) is 78.6 Å². The Morgan fingerprint density at radius 1 is 0.960 bits per heavy atom. The van der Waals surface area contributed by atoms with Crippen LogP contribution in [0.2, 0.25) is 0 Å². The van der Waals surface area contributed by atoms with Crippen molar-refractivity contribution in [1.29, 1.82) is 0 Å². The largest absolute Gasteiger partial charge is 0.465 e. The van der Waals surface area contributed by atoms with Crippen molar-refractivity contribution >= 4 is 17.5 Å². The normalized spacial score (nSPS) is 11.7. The van der Waals surface area contributed by atoms with Crippen LogP contribution in [0.1, 0.15) is 37.5 Å². The number of allylic oxidation sites excluding steroid dienone is 2. The Morgan fingerprint density at radius 3 is 1.76 bits per heavy atom. The van der Waals surface area contributed by atoms with Crippen molar-refractivity contribution in [1.82, 2.24) is 0 Å². The van der Waals surface area contributed by atoms with E-state index in [0.29, 0.717) is 0 Å². The summed E-state index contributed by atoms with van der Waals surface area (Å²) in [6.07, 6.45) is 1.65. The quantitative estimate of drug-likeness (QED) is 0.298. The van der Waals surface area contributed by atoms with E-state index in [2.05, 4.69) is 15.5 Å². The lowest BCUT2D eigenvalue weighted by Gasteiger charge is -2.25. The molecule has 0 fully saturated rings. The Labute approximate surface area is 149 Å². The number of carbonyl (C=O) groups excluding carboxylic acids is 2. The molecule has 0 saturated heterocycles. The molecular weight excluding hydrogens is 318 g/mol. The van der Waals surface area contributed by atoms with Gasteiger partial charge in [0.15, 0.2) is 5.57 Å². The molecule has 5 heteroatoms. The average molecular weight is 345 g/mol. The number of nitrogens with two attached hydrogens (primary N) is 1. The van der Waals surface area contributed by atoms with Gasteiger partial charge < -0.3 is 15.2 Å². The minimum atomic E-state index is -0.825. The maximum Gasteiger partial charge on any atom is 0.347 e. The van der Waals surface area contributed by atoms with Crippen molar-refractivity contribution in [2.75, 3.05) is 14.2 Å². The van der Waals surface area contributed by atoms with Crippen molar-refractivity contribution in [3.8, 4) is 0 Å². The van der Waals surface area contributed by atoms with Crippen LogP contribution in [-0.4, -0.2) is 26.2 Å². The average Bonchev–Trinajstić information content (AvgIpc) is 2.50. The summed E-state index contributed by atoms with van der Waals surface area (Å²) in [5.74, 6) is -1.65. The van der Waals surface area contributed by atoms with E-state index in [0.717, 1.165) is 22.3 Å². The highest BCUT2D eigenvalue weighted by molar-refractivity contribution is 6.15. The predicted molar refractivity (Wildman–Crippen MR) is 98.6 cm³/mol. The Kier molecular flexibility index (Phi) is 6.56. The molecule has 2 N–H and O–H groups in total. The second kappa shape index (κ2) is 8.01. The van der Waals surface area contributed by atoms with E-state index in [1.165, 1.54) is 14.2 Å². The zero-order chi connectivity index (χ0) is 19.4. The van der Waals surface area contributed by atoms with Gasteiger partial charge in [-0.25, -0.2) is 9.59 Å². The number of ether oxygens (including phenoxy) is 2. The third-order valence-corrected chi connectivity index (χ3v) is 3.71. The number of hydrogen-bond acceptors (Lipinski definition) is 5. The first-order valence-corrected chi connectivity index (χ1v) is 7.98. The van der Waals surface area contributed by atoms with Crippen molar-refractivity contribution in [2.24, 2.45) is 11.1 Å². The van der Waals surface area contributed by atoms with Crippen LogP contribution >= 0.6 is 0 Å². The van der Waals surface area contributed by atoms with Gasteiger partial charge >= 0.3 is 11.9 Å². The molecule has 0 aliphatic rings. The summed E-state index contributed by atoms with van der Waals surface area (Å²) in [6.45, 7) is 10.2. The van der Waals surface area contributed by atoms with Gasteiger partial charge in [-0.1, -0.05) is 50.1 Å². The highest BCUT2D eigenvalue weighted by Crippen LogP contribution is 2.35. The Balaban J connectivity index is 3.66. The van der Waals surface area contributed by atoms with Crippen LogP contribution < -0.4 is 5.73 Å². The van der Waals surface area contributed by atoms with Gasteiger partial charge in [0.05, 0.1) is 19.9 Å². The lowest BCUT2D eigenvalue weighted by molar-refractivity contribution is -0.144. The summed E-state index contributed by atoms with van der Waals surface area (Å²) in [5, 5.41) is 0. The van der Waals surface area contributed by atoms with Gasteiger partial charge in [-0.2, -0.15) is 0 Å². The lowest BCUT2D eigenvalue weighted by atomic mass is 9.80. The molecule has 1 rings (SSSR count). The van der Waals surface area contributed by atoms with Crippen LogP contribution in [0.25, 0.3) is 5.57 Å². The van der Waals surface area contributed by atoms with Gasteiger partial charge in [0.1, 0.15) is 0 Å². The summed E-state index contributed by atoms with van der Waals surface area (Å²) < 4.78 is 9.32. The number of methoxy groups -OCH3 is 2. The van der Waals surface area contributed by atoms with Gasteiger partial charge in [-0.3, -0.25) is 0 Å². The van der Waals surface area contributed by atoms with Crippen LogP contribution in [0, 0.1) is 19.3 Å². The van der Waals surface area contributed by atoms with Crippen LogP contribution in [-0.2, 0) is 19.1 Å². The fourth-order valence-electron chi connectivity index (χ4n) is 2.61. The van der Waals surface area contributed by atoms with Gasteiger partial charge in [-0.05, 0) is 36.5 Å². The first kappa shape index (κ1) is 20.5. The highest BCUT2D eigenvalue weighted by atomic mass is 16.5. The van der Waals surface area contributed by atoms with Crippen molar-refractivity contribution in [2.45, 2.75) is 34.6 Å². The highest BCUT2D eigenvalue weighted by Gasteiger charge is 2.25. The molecule has 1 aromatic rings. The van der Waals surface area contributed by atoms with Gasteiger partial charge in [0, 0.05) is 0 Å². The molecule has 0 aliphatic carbocycles. The van der Waals surface area contributed by atoms with E-state index in [9.17, 15) is 9.59 Å². The van der Waals surface area contributed by atoms with Gasteiger partial charge in [0.25, 0.3) is 0 Å². The molecule has 0 radical (unpaired) electrons. The molecule has 5 nitrogen and oxygen atoms in total. The summed E-state index contributed by atoms with van der Waals surface area (Å²) in [6, 6.07) is 6.18. The maximum atomic E-state index is 11.9. The fraction of sp³-hybridized carbons (Fsp3) is 0.400. The SMILES string of the molecule is COC(=O)C(C(=O)OC)=C(N)/C=C(\c1cc(C)cc(C)c1)C(C)(C)C. The molecule has 1 aromatic carbocycles. The van der Waals surface area contributed by atoms with E-state index in [1.54, 1.807) is 6.08 Å². The molecule has 0 atom stereocenters. The number of benzene rings is 1. The van der Waals surface area contributed by atoms with Gasteiger partial charge in [-0.15, -0.1) is 0 Å². The summed E-state index contributed by atoms with van der Waals surface area (Å²) in [7, 11) is 2.38. The Bertz CT molecular complexity index is 698. The fourth-order valence-corrected chi connectivity index (χ4v) is 2.61. The number of rotatable bonds is 4. The number of aryl methyl sites for hydroxylation is 2. The number of hydrogen-bond donors (Lipinski definition) is 1. The molecule has 0 bridgehead atoms. The molecule has 0 amide bonds. The molecule has 136 valence electrons. The first-order valence-electron chi connectivity index (χ1n) is 7.98. The smallest absolute Gasteiger partial charge is 0.347 e. The third-order valence-electron chi connectivity index (χ3n) is 3.71. The Morgan fingerprint density at radius 2 is 1.40 bits per heavy atom. The van der Waals surface area contributed by atoms with Crippen molar-refractivity contribution < 1.29 is 19.1 Å². The molecule has 0 aromatic heterocycles. The molecule has 0 unspecified atom stereocenters. The zero-order valence-electron chi connectivity index (χ0n) is 16.0. The monoisotopic (exact) mass is 345 g/mol. The lowest BCUT2D eigenvalue weighted by Crippen LogP contribution is -2.21. The minimum Gasteiger partial charge on any atom is -0.465 e. The van der Waals surface area contributed by atoms with Crippen LogP contribution in [0.15, 0.2) is 35.5 Å². The molecule has 0 heterocycles. The number of carbonyl (C=O) groups is 2. The molecule has 25 heavy (non-hydrogen) atoms. The zero-order valence-corrected chi connectivity index (χ0v) is 16.0. The maximum absolute atomic E-state index is 11.9. The summed E-state index contributed by atoms with van der Waals surface area (Å²) in [5.41, 5.74) is 9.66. The molecule has 0 saturated carbocycles. The summed E-state index contributed by atoms with van der Waals surface area (Å²) >= 11 is 0. The Hall–Kier alpha value is -2.56. The third kappa shape index (κ3) is 5.21. The van der Waals surface area contributed by atoms with Crippen LogP contribution in [0.4, 0.5) is 0 Å². The van der Waals surface area contributed by atoms with E-state index < -0.39 is 11.9 Å². The van der Waals surface area contributed by atoms with E-state index in [1.807, 2.05) is 46.8 Å². The second-order valence-corrected chi connectivity index (χ2v) is 7.00.